The second kappa shape index (κ2) is 6.28. The van der Waals surface area contributed by atoms with E-state index >= 15 is 0 Å². The molecule has 132 valence electrons. The van der Waals surface area contributed by atoms with Gasteiger partial charge in [0.2, 0.25) is 0 Å². The Balaban J connectivity index is 2.09. The van der Waals surface area contributed by atoms with Crippen molar-refractivity contribution in [2.75, 3.05) is 25.4 Å². The van der Waals surface area contributed by atoms with Crippen LogP contribution in [0, 0.1) is 5.82 Å². The third-order valence-electron chi connectivity index (χ3n) is 3.50. The number of urea groups is 1. The third-order valence-corrected chi connectivity index (χ3v) is 3.50. The Morgan fingerprint density at radius 2 is 1.96 bits per heavy atom. The highest BCUT2D eigenvalue weighted by atomic mass is 19.4. The van der Waals surface area contributed by atoms with Crippen LogP contribution in [-0.4, -0.2) is 41.4 Å². The van der Waals surface area contributed by atoms with Crippen molar-refractivity contribution in [1.82, 2.24) is 14.9 Å². The van der Waals surface area contributed by atoms with E-state index in [9.17, 15) is 22.4 Å². The molecule has 2 amide bonds. The predicted molar refractivity (Wildman–Crippen MR) is 78.9 cm³/mol. The predicted octanol–water partition coefficient (Wildman–Crippen LogP) is 3.10. The molecule has 2 aromatic heterocycles. The molecule has 3 heterocycles. The molecule has 1 aliphatic heterocycles. The first-order valence-electron chi connectivity index (χ1n) is 7.07. The first-order chi connectivity index (χ1) is 11.8. The van der Waals surface area contributed by atoms with Crippen LogP contribution in [0.3, 0.4) is 0 Å². The van der Waals surface area contributed by atoms with Gasteiger partial charge in [0.05, 0.1) is 17.6 Å². The first-order valence-corrected chi connectivity index (χ1v) is 7.07. The lowest BCUT2D eigenvalue weighted by atomic mass is 10.1. The monoisotopic (exact) mass is 356 g/mol. The van der Waals surface area contributed by atoms with Crippen molar-refractivity contribution in [3.05, 3.63) is 42.1 Å². The molecule has 1 aliphatic rings. The third kappa shape index (κ3) is 3.38. The molecule has 1 saturated heterocycles. The standard InChI is InChI=1S/C15H12F4N4O2/c1-22-7-25-8-23(14(22)24)12-3-2-11(21-13(12)15(17,18)19)9-4-10(16)6-20-5-9/h2-6H,7-8H2,1H3. The summed E-state index contributed by atoms with van der Waals surface area (Å²) in [6.07, 6.45) is -2.68. The van der Waals surface area contributed by atoms with Crippen molar-refractivity contribution in [1.29, 1.82) is 0 Å². The van der Waals surface area contributed by atoms with Gasteiger partial charge in [0.1, 0.15) is 19.3 Å². The maximum Gasteiger partial charge on any atom is 0.435 e. The van der Waals surface area contributed by atoms with E-state index in [4.69, 9.17) is 4.74 Å². The molecule has 0 aliphatic carbocycles. The molecule has 0 N–H and O–H groups in total. The Labute approximate surface area is 139 Å². The fraction of sp³-hybridized carbons (Fsp3) is 0.267. The van der Waals surface area contributed by atoms with Crippen LogP contribution < -0.4 is 4.90 Å². The van der Waals surface area contributed by atoms with Crippen LogP contribution in [0.1, 0.15) is 5.69 Å². The summed E-state index contributed by atoms with van der Waals surface area (Å²) in [6.45, 7) is -0.341. The summed E-state index contributed by atoms with van der Waals surface area (Å²) in [6, 6.07) is 2.76. The van der Waals surface area contributed by atoms with Crippen LogP contribution in [0.25, 0.3) is 11.3 Å². The van der Waals surface area contributed by atoms with E-state index in [0.29, 0.717) is 0 Å². The van der Waals surface area contributed by atoms with Gasteiger partial charge in [-0.05, 0) is 18.2 Å². The normalized spacial score (nSPS) is 15.6. The Bertz CT molecular complexity index is 812. The summed E-state index contributed by atoms with van der Waals surface area (Å²) in [7, 11) is 1.40. The number of halogens is 4. The quantitative estimate of drug-likeness (QED) is 0.776. The summed E-state index contributed by atoms with van der Waals surface area (Å²) in [4.78, 5) is 21.3. The molecule has 0 saturated carbocycles. The largest absolute Gasteiger partial charge is 0.435 e. The number of hydrogen-bond acceptors (Lipinski definition) is 4. The second-order valence-electron chi connectivity index (χ2n) is 5.32. The van der Waals surface area contributed by atoms with Crippen molar-refractivity contribution in [2.24, 2.45) is 0 Å². The molecule has 0 atom stereocenters. The summed E-state index contributed by atoms with van der Waals surface area (Å²) >= 11 is 0. The van der Waals surface area contributed by atoms with Gasteiger partial charge in [0.15, 0.2) is 5.69 Å². The molecular formula is C15H12F4N4O2. The smallest absolute Gasteiger partial charge is 0.340 e. The number of alkyl halides is 3. The zero-order valence-corrected chi connectivity index (χ0v) is 12.9. The van der Waals surface area contributed by atoms with Crippen LogP contribution in [-0.2, 0) is 10.9 Å². The fourth-order valence-electron chi connectivity index (χ4n) is 2.35. The molecule has 10 heteroatoms. The number of hydrogen-bond donors (Lipinski definition) is 0. The molecule has 3 rings (SSSR count). The molecule has 0 aromatic carbocycles. The number of rotatable bonds is 2. The van der Waals surface area contributed by atoms with Gasteiger partial charge >= 0.3 is 12.2 Å². The van der Waals surface area contributed by atoms with E-state index in [1.54, 1.807) is 0 Å². The van der Waals surface area contributed by atoms with E-state index in [1.165, 1.54) is 19.3 Å². The highest BCUT2D eigenvalue weighted by Crippen LogP contribution is 2.37. The minimum atomic E-state index is -4.82. The zero-order chi connectivity index (χ0) is 18.2. The van der Waals surface area contributed by atoms with Crippen LogP contribution >= 0.6 is 0 Å². The zero-order valence-electron chi connectivity index (χ0n) is 12.9. The van der Waals surface area contributed by atoms with E-state index in [0.717, 1.165) is 28.1 Å². The average Bonchev–Trinajstić information content (AvgIpc) is 2.56. The van der Waals surface area contributed by atoms with Crippen LogP contribution in [0.4, 0.5) is 28.0 Å². The number of amides is 2. The lowest BCUT2D eigenvalue weighted by Gasteiger charge is -2.34. The summed E-state index contributed by atoms with van der Waals surface area (Å²) in [5.41, 5.74) is -1.71. The molecule has 2 aromatic rings. The maximum atomic E-state index is 13.5. The lowest BCUT2D eigenvalue weighted by Crippen LogP contribution is -2.49. The van der Waals surface area contributed by atoms with Gasteiger partial charge in [0, 0.05) is 18.8 Å². The summed E-state index contributed by atoms with van der Waals surface area (Å²) in [5, 5.41) is 0. The first kappa shape index (κ1) is 17.1. The average molecular weight is 356 g/mol. The Kier molecular flexibility index (Phi) is 4.29. The molecule has 0 bridgehead atoms. The Morgan fingerprint density at radius 1 is 1.20 bits per heavy atom. The number of carbonyl (C=O) groups excluding carboxylic acids is 1. The van der Waals surface area contributed by atoms with Crippen molar-refractivity contribution >= 4 is 11.7 Å². The van der Waals surface area contributed by atoms with Gasteiger partial charge < -0.3 is 9.64 Å². The molecule has 1 fully saturated rings. The molecule has 0 radical (unpaired) electrons. The van der Waals surface area contributed by atoms with E-state index < -0.39 is 29.4 Å². The molecule has 25 heavy (non-hydrogen) atoms. The van der Waals surface area contributed by atoms with E-state index in [2.05, 4.69) is 9.97 Å². The van der Waals surface area contributed by atoms with Crippen molar-refractivity contribution in [2.45, 2.75) is 6.18 Å². The van der Waals surface area contributed by atoms with Gasteiger partial charge in [-0.1, -0.05) is 0 Å². The van der Waals surface area contributed by atoms with Gasteiger partial charge in [-0.15, -0.1) is 0 Å². The van der Waals surface area contributed by atoms with Gasteiger partial charge in [-0.2, -0.15) is 13.2 Å². The van der Waals surface area contributed by atoms with E-state index in [1.807, 2.05) is 0 Å². The highest BCUT2D eigenvalue weighted by Gasteiger charge is 2.39. The fourth-order valence-corrected chi connectivity index (χ4v) is 2.35. The van der Waals surface area contributed by atoms with Gasteiger partial charge in [0.25, 0.3) is 0 Å². The number of ether oxygens (including phenoxy) is 1. The van der Waals surface area contributed by atoms with Crippen LogP contribution in [0.2, 0.25) is 0 Å². The molecule has 6 nitrogen and oxygen atoms in total. The lowest BCUT2D eigenvalue weighted by molar-refractivity contribution is -0.140. The molecule has 0 spiro atoms. The minimum Gasteiger partial charge on any atom is -0.340 e. The highest BCUT2D eigenvalue weighted by molar-refractivity contribution is 5.93. The van der Waals surface area contributed by atoms with Gasteiger partial charge in [-0.25, -0.2) is 14.2 Å². The topological polar surface area (TPSA) is 58.6 Å². The van der Waals surface area contributed by atoms with Crippen molar-refractivity contribution in [3.63, 3.8) is 0 Å². The molecular weight excluding hydrogens is 344 g/mol. The Morgan fingerprint density at radius 3 is 2.64 bits per heavy atom. The Hall–Kier alpha value is -2.75. The SMILES string of the molecule is CN1COCN(c2ccc(-c3cncc(F)c3)nc2C(F)(F)F)C1=O. The van der Waals surface area contributed by atoms with Gasteiger partial charge in [-0.3, -0.25) is 9.88 Å². The number of aromatic nitrogens is 2. The summed E-state index contributed by atoms with van der Waals surface area (Å²) in [5.74, 6) is -0.696. The maximum absolute atomic E-state index is 13.5. The number of nitrogens with zero attached hydrogens (tertiary/aromatic N) is 4. The van der Waals surface area contributed by atoms with Crippen LogP contribution in [0.5, 0.6) is 0 Å². The number of carbonyl (C=O) groups is 1. The van der Waals surface area contributed by atoms with Crippen molar-refractivity contribution < 1.29 is 27.1 Å². The molecule has 0 unspecified atom stereocenters. The second-order valence-corrected chi connectivity index (χ2v) is 5.32. The van der Waals surface area contributed by atoms with E-state index in [-0.39, 0.29) is 24.7 Å². The number of pyridine rings is 2. The summed E-state index contributed by atoms with van der Waals surface area (Å²) < 4.78 is 58.7. The number of anilines is 1. The minimum absolute atomic E-state index is 0.0167. The van der Waals surface area contributed by atoms with Crippen molar-refractivity contribution in [3.8, 4) is 11.3 Å². The van der Waals surface area contributed by atoms with Crippen LogP contribution in [0.15, 0.2) is 30.6 Å².